The van der Waals surface area contributed by atoms with E-state index in [2.05, 4.69) is 5.32 Å². The molecule has 2 heterocycles. The molecule has 1 amide bonds. The molecule has 84 valence electrons. The third-order valence-electron chi connectivity index (χ3n) is 3.38. The number of amides is 1. The Morgan fingerprint density at radius 1 is 1.60 bits per heavy atom. The molecule has 15 heavy (non-hydrogen) atoms. The lowest BCUT2D eigenvalue weighted by Crippen LogP contribution is -2.41. The summed E-state index contributed by atoms with van der Waals surface area (Å²) in [7, 11) is 0. The van der Waals surface area contributed by atoms with Crippen LogP contribution < -0.4 is 5.32 Å². The SMILES string of the molecule is CC(C(=O)N1CCCC1CO)=C1CNC1. The first-order valence-electron chi connectivity index (χ1n) is 5.55. The van der Waals surface area contributed by atoms with E-state index < -0.39 is 0 Å². The monoisotopic (exact) mass is 210 g/mol. The van der Waals surface area contributed by atoms with E-state index in [1.165, 1.54) is 5.57 Å². The molecule has 2 rings (SSSR count). The van der Waals surface area contributed by atoms with E-state index in [0.717, 1.165) is 38.0 Å². The van der Waals surface area contributed by atoms with Crippen molar-refractivity contribution in [2.24, 2.45) is 0 Å². The number of likely N-dealkylation sites (tertiary alicyclic amines) is 1. The summed E-state index contributed by atoms with van der Waals surface area (Å²) in [6.07, 6.45) is 1.95. The largest absolute Gasteiger partial charge is 0.394 e. The molecule has 0 spiro atoms. The lowest BCUT2D eigenvalue weighted by Gasteiger charge is -2.27. The van der Waals surface area contributed by atoms with E-state index in [4.69, 9.17) is 5.11 Å². The van der Waals surface area contributed by atoms with Crippen molar-refractivity contribution in [1.29, 1.82) is 0 Å². The summed E-state index contributed by atoms with van der Waals surface area (Å²) in [6, 6.07) is 0.0427. The van der Waals surface area contributed by atoms with Gasteiger partial charge in [-0.1, -0.05) is 0 Å². The highest BCUT2D eigenvalue weighted by Crippen LogP contribution is 2.21. The minimum atomic E-state index is 0.0427. The molecule has 0 bridgehead atoms. The van der Waals surface area contributed by atoms with Crippen LogP contribution in [0.25, 0.3) is 0 Å². The lowest BCUT2D eigenvalue weighted by atomic mass is 10.0. The highest BCUT2D eigenvalue weighted by molar-refractivity contribution is 5.94. The first-order valence-corrected chi connectivity index (χ1v) is 5.55. The predicted octanol–water partition coefficient (Wildman–Crippen LogP) is -0.111. The van der Waals surface area contributed by atoms with Crippen LogP contribution in [-0.2, 0) is 4.79 Å². The smallest absolute Gasteiger partial charge is 0.249 e. The minimum Gasteiger partial charge on any atom is -0.394 e. The van der Waals surface area contributed by atoms with Crippen LogP contribution in [0.5, 0.6) is 0 Å². The molecule has 2 aliphatic rings. The van der Waals surface area contributed by atoms with Crippen LogP contribution in [0.15, 0.2) is 11.1 Å². The zero-order valence-electron chi connectivity index (χ0n) is 9.12. The number of rotatable bonds is 2. The fourth-order valence-electron chi connectivity index (χ4n) is 2.17. The Morgan fingerprint density at radius 3 is 2.87 bits per heavy atom. The maximum absolute atomic E-state index is 12.1. The van der Waals surface area contributed by atoms with Gasteiger partial charge in [0.2, 0.25) is 5.91 Å². The zero-order valence-corrected chi connectivity index (χ0v) is 9.12. The second-order valence-electron chi connectivity index (χ2n) is 4.31. The first-order chi connectivity index (χ1) is 7.24. The van der Waals surface area contributed by atoms with Crippen molar-refractivity contribution in [1.82, 2.24) is 10.2 Å². The van der Waals surface area contributed by atoms with Crippen molar-refractivity contribution in [2.75, 3.05) is 26.2 Å². The molecule has 0 saturated carbocycles. The summed E-state index contributed by atoms with van der Waals surface area (Å²) < 4.78 is 0. The normalized spacial score (nSPS) is 25.3. The van der Waals surface area contributed by atoms with Crippen molar-refractivity contribution in [3.63, 3.8) is 0 Å². The second-order valence-corrected chi connectivity index (χ2v) is 4.31. The number of hydrogen-bond donors (Lipinski definition) is 2. The molecule has 0 radical (unpaired) electrons. The van der Waals surface area contributed by atoms with Crippen LogP contribution in [0.4, 0.5) is 0 Å². The summed E-state index contributed by atoms with van der Waals surface area (Å²) in [5, 5.41) is 12.3. The van der Waals surface area contributed by atoms with Crippen LogP contribution in [0, 0.1) is 0 Å². The summed E-state index contributed by atoms with van der Waals surface area (Å²) >= 11 is 0. The van der Waals surface area contributed by atoms with Gasteiger partial charge in [0.05, 0.1) is 12.6 Å². The Hall–Kier alpha value is -0.870. The van der Waals surface area contributed by atoms with Gasteiger partial charge in [0, 0.05) is 25.2 Å². The van der Waals surface area contributed by atoms with Crippen molar-refractivity contribution in [3.05, 3.63) is 11.1 Å². The van der Waals surface area contributed by atoms with Crippen LogP contribution >= 0.6 is 0 Å². The van der Waals surface area contributed by atoms with Crippen molar-refractivity contribution in [2.45, 2.75) is 25.8 Å². The lowest BCUT2D eigenvalue weighted by molar-refractivity contribution is -0.128. The Balaban J connectivity index is 2.06. The third-order valence-corrected chi connectivity index (χ3v) is 3.38. The second kappa shape index (κ2) is 4.33. The van der Waals surface area contributed by atoms with Gasteiger partial charge >= 0.3 is 0 Å². The van der Waals surface area contributed by atoms with Gasteiger partial charge < -0.3 is 15.3 Å². The fourth-order valence-corrected chi connectivity index (χ4v) is 2.17. The molecule has 0 aromatic heterocycles. The molecule has 4 nitrogen and oxygen atoms in total. The minimum absolute atomic E-state index is 0.0427. The van der Waals surface area contributed by atoms with Crippen LogP contribution in [0.3, 0.4) is 0 Å². The van der Waals surface area contributed by atoms with E-state index in [-0.39, 0.29) is 18.6 Å². The number of aliphatic hydroxyl groups is 1. The fraction of sp³-hybridized carbons (Fsp3) is 0.727. The number of hydrogen-bond acceptors (Lipinski definition) is 3. The van der Waals surface area contributed by atoms with Gasteiger partial charge in [-0.25, -0.2) is 0 Å². The van der Waals surface area contributed by atoms with Gasteiger partial charge in [-0.2, -0.15) is 0 Å². The zero-order chi connectivity index (χ0) is 10.8. The van der Waals surface area contributed by atoms with E-state index >= 15 is 0 Å². The number of carbonyl (C=O) groups is 1. The standard InChI is InChI=1S/C11H18N2O2/c1-8(9-5-12-6-9)11(15)13-4-2-3-10(13)7-14/h10,12,14H,2-7H2,1H3. The molecule has 0 aliphatic carbocycles. The maximum Gasteiger partial charge on any atom is 0.249 e. The highest BCUT2D eigenvalue weighted by atomic mass is 16.3. The van der Waals surface area contributed by atoms with Gasteiger partial charge in [0.1, 0.15) is 0 Å². The van der Waals surface area contributed by atoms with E-state index in [9.17, 15) is 4.79 Å². The van der Waals surface area contributed by atoms with Crippen LogP contribution in [0.1, 0.15) is 19.8 Å². The predicted molar refractivity (Wildman–Crippen MR) is 57.4 cm³/mol. The molecular weight excluding hydrogens is 192 g/mol. The van der Waals surface area contributed by atoms with E-state index in [0.29, 0.717) is 0 Å². The van der Waals surface area contributed by atoms with Crippen molar-refractivity contribution < 1.29 is 9.90 Å². The maximum atomic E-state index is 12.1. The highest BCUT2D eigenvalue weighted by Gasteiger charge is 2.30. The Labute approximate surface area is 90.0 Å². The molecule has 2 aliphatic heterocycles. The Morgan fingerprint density at radius 2 is 2.33 bits per heavy atom. The quantitative estimate of drug-likeness (QED) is 0.625. The topological polar surface area (TPSA) is 52.6 Å². The first kappa shape index (κ1) is 10.6. The summed E-state index contributed by atoms with van der Waals surface area (Å²) in [6.45, 7) is 4.46. The molecule has 2 fully saturated rings. The van der Waals surface area contributed by atoms with Gasteiger partial charge in [-0.15, -0.1) is 0 Å². The molecule has 4 heteroatoms. The van der Waals surface area contributed by atoms with E-state index in [1.54, 1.807) is 0 Å². The number of nitrogens with zero attached hydrogens (tertiary/aromatic N) is 1. The van der Waals surface area contributed by atoms with Gasteiger partial charge in [-0.3, -0.25) is 4.79 Å². The Bertz CT molecular complexity index is 293. The molecular formula is C11H18N2O2. The molecule has 2 N–H and O–H groups in total. The number of nitrogens with one attached hydrogen (secondary N) is 1. The van der Waals surface area contributed by atoms with Gasteiger partial charge in [0.25, 0.3) is 0 Å². The van der Waals surface area contributed by atoms with Gasteiger partial charge in [0.15, 0.2) is 0 Å². The molecule has 0 aromatic rings. The summed E-state index contributed by atoms with van der Waals surface area (Å²) in [5.41, 5.74) is 2.08. The van der Waals surface area contributed by atoms with Crippen LogP contribution in [0.2, 0.25) is 0 Å². The van der Waals surface area contributed by atoms with Gasteiger partial charge in [-0.05, 0) is 25.3 Å². The summed E-state index contributed by atoms with van der Waals surface area (Å²) in [5.74, 6) is 0.114. The van der Waals surface area contributed by atoms with E-state index in [1.807, 2.05) is 11.8 Å². The van der Waals surface area contributed by atoms with Crippen molar-refractivity contribution in [3.8, 4) is 0 Å². The summed E-state index contributed by atoms with van der Waals surface area (Å²) in [4.78, 5) is 13.9. The third kappa shape index (κ3) is 1.92. The average molecular weight is 210 g/mol. The molecule has 2 saturated heterocycles. The van der Waals surface area contributed by atoms with Crippen molar-refractivity contribution >= 4 is 5.91 Å². The van der Waals surface area contributed by atoms with Crippen LogP contribution in [-0.4, -0.2) is 48.2 Å². The number of aliphatic hydroxyl groups excluding tert-OH is 1. The number of carbonyl (C=O) groups excluding carboxylic acids is 1. The Kier molecular flexibility index (Phi) is 3.07. The molecule has 1 atom stereocenters. The molecule has 1 unspecified atom stereocenters. The average Bonchev–Trinajstić information content (AvgIpc) is 2.61. The molecule has 0 aromatic carbocycles.